The molecule has 1 saturated heterocycles. The number of carbonyl (C=O) groups is 3. The average molecular weight is 395 g/mol. The van der Waals surface area contributed by atoms with Gasteiger partial charge in [-0.25, -0.2) is 4.79 Å². The second-order valence-electron chi connectivity index (χ2n) is 7.07. The molecular formula is C22H25N3O4. The Labute approximate surface area is 169 Å². The smallest absolute Gasteiger partial charge is 0.324 e. The number of aliphatic hydroxyl groups excluding tert-OH is 1. The number of hydrogen-bond donors (Lipinski definition) is 3. The van der Waals surface area contributed by atoms with E-state index in [9.17, 15) is 19.5 Å². The summed E-state index contributed by atoms with van der Waals surface area (Å²) in [5.74, 6) is -0.784. The van der Waals surface area contributed by atoms with Gasteiger partial charge in [0.2, 0.25) is 5.91 Å². The van der Waals surface area contributed by atoms with Crippen LogP contribution in [0.25, 0.3) is 0 Å². The summed E-state index contributed by atoms with van der Waals surface area (Å²) in [6, 6.07) is 17.3. The quantitative estimate of drug-likeness (QED) is 0.557. The van der Waals surface area contributed by atoms with E-state index in [1.807, 2.05) is 60.7 Å². The van der Waals surface area contributed by atoms with Crippen LogP contribution in [-0.4, -0.2) is 53.1 Å². The van der Waals surface area contributed by atoms with Crippen LogP contribution in [0.5, 0.6) is 0 Å². The van der Waals surface area contributed by atoms with Crippen LogP contribution in [0.2, 0.25) is 0 Å². The van der Waals surface area contributed by atoms with Gasteiger partial charge in [0.05, 0.1) is 19.1 Å². The van der Waals surface area contributed by atoms with E-state index in [-0.39, 0.29) is 25.5 Å². The van der Waals surface area contributed by atoms with Crippen LogP contribution in [0.15, 0.2) is 60.7 Å². The van der Waals surface area contributed by atoms with E-state index in [2.05, 4.69) is 10.6 Å². The molecule has 0 radical (unpaired) electrons. The van der Waals surface area contributed by atoms with Gasteiger partial charge in [-0.05, 0) is 24.0 Å². The molecule has 3 rings (SSSR count). The van der Waals surface area contributed by atoms with E-state index in [1.54, 1.807) is 0 Å². The Bertz CT molecular complexity index is 842. The molecule has 2 aromatic carbocycles. The Balaban J connectivity index is 1.50. The number of nitrogens with one attached hydrogen (secondary N) is 2. The number of hydrogen-bond acceptors (Lipinski definition) is 4. The third-order valence-corrected chi connectivity index (χ3v) is 4.87. The topological polar surface area (TPSA) is 98.7 Å². The zero-order chi connectivity index (χ0) is 20.6. The minimum atomic E-state index is -0.880. The van der Waals surface area contributed by atoms with Crippen molar-refractivity contribution in [1.29, 1.82) is 0 Å². The average Bonchev–Trinajstić information content (AvgIpc) is 3.00. The second kappa shape index (κ2) is 9.84. The number of nitrogens with zero attached hydrogens (tertiary/aromatic N) is 1. The highest BCUT2D eigenvalue weighted by molar-refractivity contribution is 6.05. The van der Waals surface area contributed by atoms with E-state index in [0.717, 1.165) is 16.0 Å². The van der Waals surface area contributed by atoms with Crippen molar-refractivity contribution in [3.63, 3.8) is 0 Å². The monoisotopic (exact) mass is 395 g/mol. The highest BCUT2D eigenvalue weighted by atomic mass is 16.3. The molecule has 1 heterocycles. The Kier molecular flexibility index (Phi) is 6.97. The van der Waals surface area contributed by atoms with Crippen molar-refractivity contribution in [2.75, 3.05) is 13.2 Å². The number of amides is 4. The lowest BCUT2D eigenvalue weighted by molar-refractivity contribution is -0.131. The lowest BCUT2D eigenvalue weighted by Crippen LogP contribution is -2.43. The fourth-order valence-electron chi connectivity index (χ4n) is 3.34. The van der Waals surface area contributed by atoms with Crippen molar-refractivity contribution in [3.8, 4) is 0 Å². The SMILES string of the molecule is O=C(C[C@@H]1NC(=O)N(CCc2ccccc2)C1=O)N[C@H](CO)Cc1ccccc1. The van der Waals surface area contributed by atoms with Gasteiger partial charge in [0.15, 0.2) is 0 Å². The fourth-order valence-corrected chi connectivity index (χ4v) is 3.34. The van der Waals surface area contributed by atoms with Gasteiger partial charge in [-0.1, -0.05) is 60.7 Å². The zero-order valence-electron chi connectivity index (χ0n) is 16.1. The maximum atomic E-state index is 12.5. The third-order valence-electron chi connectivity index (χ3n) is 4.87. The van der Waals surface area contributed by atoms with E-state index in [1.165, 1.54) is 0 Å². The van der Waals surface area contributed by atoms with E-state index in [4.69, 9.17) is 0 Å². The molecule has 0 unspecified atom stereocenters. The van der Waals surface area contributed by atoms with E-state index < -0.39 is 24.0 Å². The van der Waals surface area contributed by atoms with Crippen LogP contribution >= 0.6 is 0 Å². The van der Waals surface area contributed by atoms with Crippen LogP contribution in [0.1, 0.15) is 17.5 Å². The Morgan fingerprint density at radius 3 is 2.28 bits per heavy atom. The molecule has 7 heteroatoms. The molecule has 7 nitrogen and oxygen atoms in total. The zero-order valence-corrected chi connectivity index (χ0v) is 16.1. The van der Waals surface area contributed by atoms with Crippen molar-refractivity contribution < 1.29 is 19.5 Å². The highest BCUT2D eigenvalue weighted by Gasteiger charge is 2.38. The van der Waals surface area contributed by atoms with Gasteiger partial charge >= 0.3 is 6.03 Å². The van der Waals surface area contributed by atoms with Gasteiger partial charge in [0, 0.05) is 6.54 Å². The standard InChI is InChI=1S/C22H25N3O4/c26-15-18(13-17-9-5-2-6-10-17)23-20(27)14-19-21(28)25(22(29)24-19)12-11-16-7-3-1-4-8-16/h1-10,18-19,26H,11-15H2,(H,23,27)(H,24,29)/t18-,19-/m0/s1. The predicted molar refractivity (Wildman–Crippen MR) is 108 cm³/mol. The first kappa shape index (κ1) is 20.5. The minimum absolute atomic E-state index is 0.155. The first-order valence-electron chi connectivity index (χ1n) is 9.66. The molecule has 4 amide bonds. The van der Waals surface area contributed by atoms with Crippen molar-refractivity contribution >= 4 is 17.8 Å². The highest BCUT2D eigenvalue weighted by Crippen LogP contribution is 2.12. The first-order valence-corrected chi connectivity index (χ1v) is 9.66. The van der Waals surface area contributed by atoms with Gasteiger partial charge in [-0.15, -0.1) is 0 Å². The normalized spacial score (nSPS) is 17.1. The largest absolute Gasteiger partial charge is 0.394 e. The van der Waals surface area contributed by atoms with Gasteiger partial charge < -0.3 is 15.7 Å². The summed E-state index contributed by atoms with van der Waals surface area (Å²) in [6.07, 6.45) is 0.886. The molecule has 0 aromatic heterocycles. The van der Waals surface area contributed by atoms with Crippen molar-refractivity contribution in [2.24, 2.45) is 0 Å². The maximum absolute atomic E-state index is 12.5. The van der Waals surface area contributed by atoms with Crippen molar-refractivity contribution in [3.05, 3.63) is 71.8 Å². The molecule has 3 N–H and O–H groups in total. The summed E-state index contributed by atoms with van der Waals surface area (Å²) in [4.78, 5) is 38.2. The van der Waals surface area contributed by atoms with Crippen LogP contribution < -0.4 is 10.6 Å². The molecule has 0 saturated carbocycles. The molecule has 1 fully saturated rings. The van der Waals surface area contributed by atoms with Crippen LogP contribution in [0, 0.1) is 0 Å². The summed E-state index contributed by atoms with van der Waals surface area (Å²) >= 11 is 0. The van der Waals surface area contributed by atoms with Crippen molar-refractivity contribution in [2.45, 2.75) is 31.3 Å². The van der Waals surface area contributed by atoms with Gasteiger partial charge in [0.25, 0.3) is 5.91 Å². The molecule has 1 aliphatic rings. The fraction of sp³-hybridized carbons (Fsp3) is 0.318. The molecule has 0 bridgehead atoms. The van der Waals surface area contributed by atoms with E-state index in [0.29, 0.717) is 12.8 Å². The maximum Gasteiger partial charge on any atom is 0.324 e. The van der Waals surface area contributed by atoms with Gasteiger partial charge in [-0.3, -0.25) is 14.5 Å². The molecule has 0 aliphatic carbocycles. The molecule has 2 atom stereocenters. The second-order valence-corrected chi connectivity index (χ2v) is 7.07. The number of carbonyl (C=O) groups excluding carboxylic acids is 3. The van der Waals surface area contributed by atoms with Crippen LogP contribution in [-0.2, 0) is 22.4 Å². The summed E-state index contributed by atoms with van der Waals surface area (Å²) < 4.78 is 0. The minimum Gasteiger partial charge on any atom is -0.394 e. The number of aliphatic hydroxyl groups is 1. The molecule has 152 valence electrons. The molecule has 29 heavy (non-hydrogen) atoms. The Hall–Kier alpha value is -3.19. The number of urea groups is 1. The third kappa shape index (κ3) is 5.65. The van der Waals surface area contributed by atoms with Gasteiger partial charge in [-0.2, -0.15) is 0 Å². The number of rotatable bonds is 9. The lowest BCUT2D eigenvalue weighted by Gasteiger charge is -2.17. The Morgan fingerprint density at radius 1 is 1.03 bits per heavy atom. The predicted octanol–water partition coefficient (Wildman–Crippen LogP) is 1.26. The first-order chi connectivity index (χ1) is 14.1. The molecule has 1 aliphatic heterocycles. The molecule has 0 spiro atoms. The summed E-state index contributed by atoms with van der Waals surface area (Å²) in [6.45, 7) is 0.0505. The molecule has 2 aromatic rings. The van der Waals surface area contributed by atoms with Gasteiger partial charge in [0.1, 0.15) is 6.04 Å². The van der Waals surface area contributed by atoms with Crippen molar-refractivity contribution in [1.82, 2.24) is 15.5 Å². The molecular weight excluding hydrogens is 370 g/mol. The summed E-state index contributed by atoms with van der Waals surface area (Å²) in [5.41, 5.74) is 2.02. The van der Waals surface area contributed by atoms with Crippen LogP contribution in [0.4, 0.5) is 4.79 Å². The number of benzene rings is 2. The van der Waals surface area contributed by atoms with E-state index >= 15 is 0 Å². The summed E-state index contributed by atoms with van der Waals surface area (Å²) in [7, 11) is 0. The number of imide groups is 1. The summed E-state index contributed by atoms with van der Waals surface area (Å²) in [5, 5.41) is 14.9. The van der Waals surface area contributed by atoms with Crippen LogP contribution in [0.3, 0.4) is 0 Å². The Morgan fingerprint density at radius 2 is 1.66 bits per heavy atom. The lowest BCUT2D eigenvalue weighted by atomic mass is 10.1.